The Morgan fingerprint density at radius 1 is 1.58 bits per heavy atom. The number of hydrogen-bond donors (Lipinski definition) is 2. The lowest BCUT2D eigenvalue weighted by Gasteiger charge is -2.32. The molecular formula is C14H20N2O3. The minimum Gasteiger partial charge on any atom is -0.394 e. The first-order valence-electron chi connectivity index (χ1n) is 6.46. The average molecular weight is 264 g/mol. The van der Waals surface area contributed by atoms with Gasteiger partial charge in [-0.1, -0.05) is 11.6 Å². The molecule has 0 saturated carbocycles. The number of morpholine rings is 1. The molecule has 1 saturated heterocycles. The van der Waals surface area contributed by atoms with Gasteiger partial charge >= 0.3 is 0 Å². The molecule has 0 radical (unpaired) electrons. The first kappa shape index (κ1) is 13.8. The number of amides is 1. The lowest BCUT2D eigenvalue weighted by atomic mass is 10.1. The molecule has 1 aromatic carbocycles. The van der Waals surface area contributed by atoms with Crippen LogP contribution in [0.1, 0.15) is 15.9 Å². The van der Waals surface area contributed by atoms with Crippen LogP contribution >= 0.6 is 0 Å². The topological polar surface area (TPSA) is 61.8 Å². The smallest absolute Gasteiger partial charge is 0.256 e. The molecule has 19 heavy (non-hydrogen) atoms. The standard InChI is InChI=1S/C14H20N2O3/c1-10-3-4-13(15-2)12(7-10)14(18)16-5-6-19-11(8-16)9-17/h3-4,7,11,15,17H,5-6,8-9H2,1-2H3. The van der Waals surface area contributed by atoms with E-state index in [4.69, 9.17) is 9.84 Å². The second-order valence-corrected chi connectivity index (χ2v) is 4.73. The molecule has 5 heteroatoms. The van der Waals surface area contributed by atoms with Gasteiger partial charge in [-0.25, -0.2) is 0 Å². The van der Waals surface area contributed by atoms with E-state index in [-0.39, 0.29) is 18.6 Å². The molecule has 5 nitrogen and oxygen atoms in total. The summed E-state index contributed by atoms with van der Waals surface area (Å²) in [5, 5.41) is 12.2. The van der Waals surface area contributed by atoms with Gasteiger partial charge in [-0.05, 0) is 19.1 Å². The number of nitrogens with one attached hydrogen (secondary N) is 1. The molecule has 1 aliphatic rings. The Morgan fingerprint density at radius 3 is 3.05 bits per heavy atom. The van der Waals surface area contributed by atoms with E-state index in [1.54, 1.807) is 11.9 Å². The fraction of sp³-hybridized carbons (Fsp3) is 0.500. The van der Waals surface area contributed by atoms with Crippen molar-refractivity contribution in [2.75, 3.05) is 38.7 Å². The highest BCUT2D eigenvalue weighted by molar-refractivity contribution is 5.99. The van der Waals surface area contributed by atoms with Gasteiger partial charge in [0.2, 0.25) is 0 Å². The third-order valence-electron chi connectivity index (χ3n) is 3.30. The summed E-state index contributed by atoms with van der Waals surface area (Å²) < 4.78 is 5.36. The molecule has 2 N–H and O–H groups in total. The predicted molar refractivity (Wildman–Crippen MR) is 73.5 cm³/mol. The van der Waals surface area contributed by atoms with Crippen LogP contribution in [0.4, 0.5) is 5.69 Å². The van der Waals surface area contributed by atoms with Gasteiger partial charge in [-0.2, -0.15) is 0 Å². The van der Waals surface area contributed by atoms with Crippen molar-refractivity contribution in [1.82, 2.24) is 4.90 Å². The van der Waals surface area contributed by atoms with Crippen molar-refractivity contribution >= 4 is 11.6 Å². The van der Waals surface area contributed by atoms with Gasteiger partial charge in [-0.15, -0.1) is 0 Å². The average Bonchev–Trinajstić information content (AvgIpc) is 2.46. The van der Waals surface area contributed by atoms with Gasteiger partial charge in [0, 0.05) is 25.8 Å². The number of carbonyl (C=O) groups is 1. The highest BCUT2D eigenvalue weighted by Gasteiger charge is 2.25. The van der Waals surface area contributed by atoms with E-state index in [9.17, 15) is 4.79 Å². The molecular weight excluding hydrogens is 244 g/mol. The Hall–Kier alpha value is -1.59. The minimum atomic E-state index is -0.277. The third kappa shape index (κ3) is 3.05. The summed E-state index contributed by atoms with van der Waals surface area (Å²) in [6, 6.07) is 5.77. The van der Waals surface area contributed by atoms with E-state index in [0.29, 0.717) is 25.3 Å². The summed E-state index contributed by atoms with van der Waals surface area (Å²) in [5.41, 5.74) is 2.54. The second kappa shape index (κ2) is 6.04. The largest absolute Gasteiger partial charge is 0.394 e. The van der Waals surface area contributed by atoms with Crippen molar-refractivity contribution < 1.29 is 14.6 Å². The van der Waals surface area contributed by atoms with Gasteiger partial charge in [0.1, 0.15) is 0 Å². The molecule has 0 bridgehead atoms. The number of aliphatic hydroxyl groups excluding tert-OH is 1. The van der Waals surface area contributed by atoms with Crippen LogP contribution in [0.2, 0.25) is 0 Å². The summed E-state index contributed by atoms with van der Waals surface area (Å²) in [6.45, 7) is 3.37. The SMILES string of the molecule is CNc1ccc(C)cc1C(=O)N1CCOC(CO)C1. The number of benzene rings is 1. The van der Waals surface area contributed by atoms with Crippen LogP contribution in [0, 0.1) is 6.92 Å². The number of rotatable bonds is 3. The van der Waals surface area contributed by atoms with Crippen LogP contribution in [0.3, 0.4) is 0 Å². The predicted octanol–water partition coefficient (Wildman–Crippen LogP) is 0.870. The van der Waals surface area contributed by atoms with Crippen LogP contribution in [0.25, 0.3) is 0 Å². The van der Waals surface area contributed by atoms with Gasteiger partial charge in [0.15, 0.2) is 0 Å². The first-order valence-corrected chi connectivity index (χ1v) is 6.46. The number of nitrogens with zero attached hydrogens (tertiary/aromatic N) is 1. The number of aliphatic hydroxyl groups is 1. The van der Waals surface area contributed by atoms with Crippen LogP contribution in [0.5, 0.6) is 0 Å². The molecule has 2 rings (SSSR count). The summed E-state index contributed by atoms with van der Waals surface area (Å²) in [6.07, 6.45) is -0.277. The molecule has 0 aromatic heterocycles. The maximum absolute atomic E-state index is 12.5. The molecule has 1 unspecified atom stereocenters. The van der Waals surface area contributed by atoms with Gasteiger partial charge < -0.3 is 20.1 Å². The molecule has 1 heterocycles. The minimum absolute atomic E-state index is 0.0187. The van der Waals surface area contributed by atoms with Crippen LogP contribution in [0.15, 0.2) is 18.2 Å². The van der Waals surface area contributed by atoms with E-state index in [1.165, 1.54) is 0 Å². The molecule has 1 aromatic rings. The molecule has 104 valence electrons. The highest BCUT2D eigenvalue weighted by atomic mass is 16.5. The summed E-state index contributed by atoms with van der Waals surface area (Å²) >= 11 is 0. The van der Waals surface area contributed by atoms with Gasteiger partial charge in [0.25, 0.3) is 5.91 Å². The zero-order valence-electron chi connectivity index (χ0n) is 11.3. The van der Waals surface area contributed by atoms with Crippen LogP contribution < -0.4 is 5.32 Å². The Balaban J connectivity index is 2.21. The molecule has 1 aliphatic heterocycles. The van der Waals surface area contributed by atoms with Crippen molar-refractivity contribution in [1.29, 1.82) is 0 Å². The van der Waals surface area contributed by atoms with Gasteiger partial charge in [0.05, 0.1) is 24.9 Å². The van der Waals surface area contributed by atoms with Crippen LogP contribution in [-0.4, -0.2) is 55.4 Å². The Labute approximate surface area is 113 Å². The van der Waals surface area contributed by atoms with Gasteiger partial charge in [-0.3, -0.25) is 4.79 Å². The molecule has 0 aliphatic carbocycles. The second-order valence-electron chi connectivity index (χ2n) is 4.73. The number of hydrogen-bond acceptors (Lipinski definition) is 4. The van der Waals surface area contributed by atoms with E-state index in [2.05, 4.69) is 5.32 Å². The summed E-state index contributed by atoms with van der Waals surface area (Å²) in [5.74, 6) is -0.0187. The van der Waals surface area contributed by atoms with E-state index in [0.717, 1.165) is 11.3 Å². The third-order valence-corrected chi connectivity index (χ3v) is 3.30. The van der Waals surface area contributed by atoms with E-state index >= 15 is 0 Å². The lowest BCUT2D eigenvalue weighted by Crippen LogP contribution is -2.47. The fourth-order valence-corrected chi connectivity index (χ4v) is 2.24. The maximum atomic E-state index is 12.5. The van der Waals surface area contributed by atoms with E-state index in [1.807, 2.05) is 25.1 Å². The maximum Gasteiger partial charge on any atom is 0.256 e. The highest BCUT2D eigenvalue weighted by Crippen LogP contribution is 2.20. The van der Waals surface area contributed by atoms with Crippen LogP contribution in [-0.2, 0) is 4.74 Å². The number of ether oxygens (including phenoxy) is 1. The van der Waals surface area contributed by atoms with Crippen molar-refractivity contribution in [2.45, 2.75) is 13.0 Å². The first-order chi connectivity index (χ1) is 9.15. The summed E-state index contributed by atoms with van der Waals surface area (Å²) in [7, 11) is 1.80. The number of aryl methyl sites for hydroxylation is 1. The monoisotopic (exact) mass is 264 g/mol. The normalized spacial score (nSPS) is 19.3. The van der Waals surface area contributed by atoms with Crippen molar-refractivity contribution in [3.63, 3.8) is 0 Å². The Bertz CT molecular complexity index is 462. The van der Waals surface area contributed by atoms with Crippen molar-refractivity contribution in [3.8, 4) is 0 Å². The van der Waals surface area contributed by atoms with Crippen molar-refractivity contribution in [3.05, 3.63) is 29.3 Å². The Morgan fingerprint density at radius 2 is 2.37 bits per heavy atom. The molecule has 1 atom stereocenters. The summed E-state index contributed by atoms with van der Waals surface area (Å²) in [4.78, 5) is 14.3. The quantitative estimate of drug-likeness (QED) is 0.850. The van der Waals surface area contributed by atoms with E-state index < -0.39 is 0 Å². The number of carbonyl (C=O) groups excluding carboxylic acids is 1. The lowest BCUT2D eigenvalue weighted by molar-refractivity contribution is -0.0447. The molecule has 1 amide bonds. The fourth-order valence-electron chi connectivity index (χ4n) is 2.24. The molecule has 0 spiro atoms. The zero-order valence-corrected chi connectivity index (χ0v) is 11.3. The number of anilines is 1. The Kier molecular flexibility index (Phi) is 4.39. The van der Waals surface area contributed by atoms with Crippen molar-refractivity contribution in [2.24, 2.45) is 0 Å². The zero-order chi connectivity index (χ0) is 13.8. The molecule has 1 fully saturated rings.